The third kappa shape index (κ3) is 2.44. The molecule has 3 heteroatoms. The Kier molecular flexibility index (Phi) is 3.38. The molecule has 1 aromatic carbocycles. The van der Waals surface area contributed by atoms with Crippen LogP contribution in [0.15, 0.2) is 24.3 Å². The van der Waals surface area contributed by atoms with E-state index in [4.69, 9.17) is 12.2 Å². The maximum Gasteiger partial charge on any atom is 0.130 e. The summed E-state index contributed by atoms with van der Waals surface area (Å²) in [4.78, 5) is 7.78. The average Bonchev–Trinajstić information content (AvgIpc) is 2.34. The van der Waals surface area contributed by atoms with Crippen molar-refractivity contribution >= 4 is 12.2 Å². The van der Waals surface area contributed by atoms with Crippen LogP contribution in [0.25, 0.3) is 11.3 Å². The molecular formula is C14H16N2S. The van der Waals surface area contributed by atoms with Crippen molar-refractivity contribution in [1.82, 2.24) is 9.97 Å². The van der Waals surface area contributed by atoms with Crippen molar-refractivity contribution in [2.45, 2.75) is 27.2 Å². The van der Waals surface area contributed by atoms with Gasteiger partial charge in [-0.1, -0.05) is 37.3 Å². The summed E-state index contributed by atoms with van der Waals surface area (Å²) in [5.74, 6) is 0. The molecule has 0 fully saturated rings. The van der Waals surface area contributed by atoms with Crippen molar-refractivity contribution in [2.24, 2.45) is 0 Å². The molecule has 0 radical (unpaired) electrons. The van der Waals surface area contributed by atoms with E-state index >= 15 is 0 Å². The van der Waals surface area contributed by atoms with Crippen LogP contribution in [0, 0.1) is 18.5 Å². The summed E-state index contributed by atoms with van der Waals surface area (Å²) in [6, 6.07) is 8.39. The zero-order chi connectivity index (χ0) is 12.4. The number of benzene rings is 1. The summed E-state index contributed by atoms with van der Waals surface area (Å²) in [6.45, 7) is 6.13. The maximum atomic E-state index is 5.34. The highest BCUT2D eigenvalue weighted by atomic mass is 32.1. The van der Waals surface area contributed by atoms with Gasteiger partial charge in [-0.25, -0.2) is 4.98 Å². The minimum absolute atomic E-state index is 0.710. The molecule has 1 aromatic heterocycles. The Morgan fingerprint density at radius 1 is 1.29 bits per heavy atom. The predicted octanol–water partition coefficient (Wildman–Crippen LogP) is 3.99. The first kappa shape index (κ1) is 12.0. The summed E-state index contributed by atoms with van der Waals surface area (Å²) >= 11 is 5.34. The second-order valence-corrected chi connectivity index (χ2v) is 4.59. The maximum absolute atomic E-state index is 5.34. The lowest BCUT2D eigenvalue weighted by atomic mass is 10.1. The Bertz CT molecular complexity index is 599. The molecule has 0 saturated carbocycles. The van der Waals surface area contributed by atoms with Gasteiger partial charge in [0.25, 0.3) is 0 Å². The van der Waals surface area contributed by atoms with Crippen molar-refractivity contribution in [3.63, 3.8) is 0 Å². The van der Waals surface area contributed by atoms with E-state index in [9.17, 15) is 0 Å². The number of rotatable bonds is 2. The Morgan fingerprint density at radius 2 is 2.06 bits per heavy atom. The first-order valence-corrected chi connectivity index (χ1v) is 6.19. The highest BCUT2D eigenvalue weighted by Gasteiger charge is 2.05. The molecular weight excluding hydrogens is 228 g/mol. The first-order chi connectivity index (χ1) is 8.11. The molecule has 0 atom stereocenters. The second-order valence-electron chi connectivity index (χ2n) is 4.18. The van der Waals surface area contributed by atoms with Gasteiger partial charge in [0.1, 0.15) is 10.3 Å². The number of H-pyrrole nitrogens is 1. The summed E-state index contributed by atoms with van der Waals surface area (Å²) < 4.78 is 0.710. The van der Waals surface area contributed by atoms with Gasteiger partial charge in [-0.05, 0) is 31.9 Å². The fourth-order valence-corrected chi connectivity index (χ4v) is 2.07. The van der Waals surface area contributed by atoms with Gasteiger partial charge in [0, 0.05) is 11.3 Å². The number of hydrogen-bond acceptors (Lipinski definition) is 2. The largest absolute Gasteiger partial charge is 0.347 e. The quantitative estimate of drug-likeness (QED) is 0.809. The zero-order valence-corrected chi connectivity index (χ0v) is 11.2. The lowest BCUT2D eigenvalue weighted by Gasteiger charge is -2.06. The van der Waals surface area contributed by atoms with Gasteiger partial charge in [-0.3, -0.25) is 0 Å². The van der Waals surface area contributed by atoms with Crippen LogP contribution >= 0.6 is 12.2 Å². The molecule has 2 rings (SSSR count). The molecule has 0 amide bonds. The number of hydrogen-bond donors (Lipinski definition) is 1. The number of aromatic amines is 1. The van der Waals surface area contributed by atoms with Crippen molar-refractivity contribution in [2.75, 3.05) is 0 Å². The summed E-state index contributed by atoms with van der Waals surface area (Å²) in [5, 5.41) is 0. The van der Waals surface area contributed by atoms with Gasteiger partial charge < -0.3 is 4.98 Å². The van der Waals surface area contributed by atoms with Crippen LogP contribution in [-0.2, 0) is 6.42 Å². The fourth-order valence-electron chi connectivity index (χ4n) is 1.76. The zero-order valence-electron chi connectivity index (χ0n) is 10.4. The Morgan fingerprint density at radius 3 is 2.76 bits per heavy atom. The van der Waals surface area contributed by atoms with Crippen LogP contribution in [0.2, 0.25) is 0 Å². The Labute approximate surface area is 107 Å². The molecule has 0 unspecified atom stereocenters. The Balaban J connectivity index is 2.60. The third-order valence-electron chi connectivity index (χ3n) is 2.95. The second kappa shape index (κ2) is 4.80. The number of aryl methyl sites for hydroxylation is 3. The molecule has 2 aromatic rings. The van der Waals surface area contributed by atoms with Crippen LogP contribution in [-0.4, -0.2) is 9.97 Å². The van der Waals surface area contributed by atoms with Crippen LogP contribution in [0.5, 0.6) is 0 Å². The fraction of sp³-hybridized carbons (Fsp3) is 0.286. The SMILES string of the molecule is CCc1cccc(-c2nc(C)c(C)[nH]c2=S)c1. The van der Waals surface area contributed by atoms with Crippen LogP contribution < -0.4 is 0 Å². The van der Waals surface area contributed by atoms with E-state index in [2.05, 4.69) is 41.2 Å². The highest BCUT2D eigenvalue weighted by Crippen LogP contribution is 2.20. The van der Waals surface area contributed by atoms with E-state index in [-0.39, 0.29) is 0 Å². The van der Waals surface area contributed by atoms with Gasteiger partial charge in [0.05, 0.1) is 5.69 Å². The lowest BCUT2D eigenvalue weighted by molar-refractivity contribution is 1.04. The van der Waals surface area contributed by atoms with E-state index in [1.807, 2.05) is 13.8 Å². The molecule has 0 aliphatic heterocycles. The topological polar surface area (TPSA) is 28.7 Å². The molecule has 0 bridgehead atoms. The van der Waals surface area contributed by atoms with E-state index in [1.165, 1.54) is 5.56 Å². The minimum atomic E-state index is 0.710. The van der Waals surface area contributed by atoms with E-state index in [1.54, 1.807) is 0 Å². The van der Waals surface area contributed by atoms with Crippen LogP contribution in [0.3, 0.4) is 0 Å². The van der Waals surface area contributed by atoms with Gasteiger partial charge in [0.2, 0.25) is 0 Å². The monoisotopic (exact) mass is 244 g/mol. The number of aromatic nitrogens is 2. The lowest BCUT2D eigenvalue weighted by Crippen LogP contribution is -1.96. The average molecular weight is 244 g/mol. The molecule has 1 heterocycles. The van der Waals surface area contributed by atoms with Crippen molar-refractivity contribution in [1.29, 1.82) is 0 Å². The minimum Gasteiger partial charge on any atom is -0.347 e. The van der Waals surface area contributed by atoms with Crippen molar-refractivity contribution in [3.05, 3.63) is 45.9 Å². The van der Waals surface area contributed by atoms with Gasteiger partial charge in [-0.15, -0.1) is 0 Å². The first-order valence-electron chi connectivity index (χ1n) is 5.78. The normalized spacial score (nSPS) is 10.5. The summed E-state index contributed by atoms with van der Waals surface area (Å²) in [5.41, 5.74) is 5.30. The molecule has 0 aliphatic rings. The standard InChI is InChI=1S/C14H16N2S/c1-4-11-6-5-7-12(8-11)13-14(17)16-10(3)9(2)15-13/h5-8H,4H2,1-3H3,(H,16,17). The van der Waals surface area contributed by atoms with E-state index in [0.717, 1.165) is 29.1 Å². The predicted molar refractivity (Wildman–Crippen MR) is 73.7 cm³/mol. The number of nitrogens with one attached hydrogen (secondary N) is 1. The molecule has 17 heavy (non-hydrogen) atoms. The van der Waals surface area contributed by atoms with Gasteiger partial charge in [0.15, 0.2) is 0 Å². The number of nitrogens with zero attached hydrogens (tertiary/aromatic N) is 1. The molecule has 0 aliphatic carbocycles. The molecule has 88 valence electrons. The van der Waals surface area contributed by atoms with Crippen LogP contribution in [0.4, 0.5) is 0 Å². The highest BCUT2D eigenvalue weighted by molar-refractivity contribution is 7.71. The van der Waals surface area contributed by atoms with E-state index in [0.29, 0.717) is 4.64 Å². The summed E-state index contributed by atoms with van der Waals surface area (Å²) in [6.07, 6.45) is 1.02. The van der Waals surface area contributed by atoms with Crippen molar-refractivity contribution in [3.8, 4) is 11.3 Å². The van der Waals surface area contributed by atoms with Gasteiger partial charge in [-0.2, -0.15) is 0 Å². The van der Waals surface area contributed by atoms with Gasteiger partial charge >= 0.3 is 0 Å². The van der Waals surface area contributed by atoms with E-state index < -0.39 is 0 Å². The summed E-state index contributed by atoms with van der Waals surface area (Å²) in [7, 11) is 0. The smallest absolute Gasteiger partial charge is 0.130 e. The Hall–Kier alpha value is -1.48. The molecule has 0 spiro atoms. The van der Waals surface area contributed by atoms with Crippen molar-refractivity contribution < 1.29 is 0 Å². The third-order valence-corrected chi connectivity index (χ3v) is 3.24. The molecule has 2 nitrogen and oxygen atoms in total. The molecule has 1 N–H and O–H groups in total. The molecule has 0 saturated heterocycles. The van der Waals surface area contributed by atoms with Crippen LogP contribution in [0.1, 0.15) is 23.9 Å².